The largest absolute Gasteiger partial charge is 0.416 e. The molecule has 0 bridgehead atoms. The number of H-pyrrole nitrogens is 1. The molecule has 1 amide bonds. The van der Waals surface area contributed by atoms with E-state index in [2.05, 4.69) is 20.2 Å². The fraction of sp³-hybridized carbons (Fsp3) is 0.222. The number of aromatic nitrogens is 4. The average Bonchev–Trinajstić information content (AvgIpc) is 3.23. The number of pyridine rings is 1. The van der Waals surface area contributed by atoms with E-state index >= 15 is 0 Å². The minimum absolute atomic E-state index is 0.0477. The summed E-state index contributed by atoms with van der Waals surface area (Å²) in [6, 6.07) is 3.50. The number of aryl methyl sites for hydroxylation is 1. The van der Waals surface area contributed by atoms with Crippen LogP contribution in [0.5, 0.6) is 0 Å². The molecule has 0 unspecified atom stereocenters. The minimum atomic E-state index is -4.65. The number of benzene rings is 1. The second-order valence-electron chi connectivity index (χ2n) is 6.40. The van der Waals surface area contributed by atoms with Crippen molar-refractivity contribution >= 4 is 35.0 Å². The van der Waals surface area contributed by atoms with Crippen LogP contribution in [0.4, 0.5) is 39.4 Å². The van der Waals surface area contributed by atoms with E-state index in [0.717, 1.165) is 40.4 Å². The highest BCUT2D eigenvalue weighted by Gasteiger charge is 2.33. The molecule has 2 aromatic heterocycles. The van der Waals surface area contributed by atoms with Crippen LogP contribution in [0.1, 0.15) is 11.3 Å². The smallest absolute Gasteiger partial charge is 0.311 e. The Kier molecular flexibility index (Phi) is 6.11. The molecule has 31 heavy (non-hydrogen) atoms. The Morgan fingerprint density at radius 1 is 1.23 bits per heavy atom. The van der Waals surface area contributed by atoms with Crippen LogP contribution in [0.2, 0.25) is 5.02 Å². The number of anilines is 3. The van der Waals surface area contributed by atoms with Gasteiger partial charge < -0.3 is 4.90 Å². The van der Waals surface area contributed by atoms with E-state index in [1.54, 1.807) is 0 Å². The Labute approximate surface area is 177 Å². The van der Waals surface area contributed by atoms with E-state index in [0.29, 0.717) is 0 Å². The molecule has 0 saturated carbocycles. The van der Waals surface area contributed by atoms with Crippen molar-refractivity contribution in [3.05, 3.63) is 58.5 Å². The number of aromatic amines is 1. The number of nitrogens with zero attached hydrogens (tertiary/aromatic N) is 5. The van der Waals surface area contributed by atoms with Crippen molar-refractivity contribution in [1.29, 1.82) is 0 Å². The maximum atomic E-state index is 14.3. The van der Waals surface area contributed by atoms with Gasteiger partial charge in [0, 0.05) is 12.7 Å². The SMILES string of the molecule is Cc1cc(C(F)(F)F)cc(N(CC(=O)N(C)c2ccc(F)c(Cl)c2F)c2ncn[nH]2)n1. The van der Waals surface area contributed by atoms with Crippen LogP contribution in [-0.4, -0.2) is 39.7 Å². The number of hydrogen-bond acceptors (Lipinski definition) is 5. The molecule has 1 aromatic carbocycles. The molecule has 0 spiro atoms. The summed E-state index contributed by atoms with van der Waals surface area (Å²) in [4.78, 5) is 22.6. The molecule has 13 heteroatoms. The van der Waals surface area contributed by atoms with Crippen LogP contribution < -0.4 is 9.80 Å². The van der Waals surface area contributed by atoms with Crippen molar-refractivity contribution in [2.24, 2.45) is 0 Å². The van der Waals surface area contributed by atoms with Crippen LogP contribution in [0.3, 0.4) is 0 Å². The molecule has 0 aliphatic heterocycles. The molecule has 1 N–H and O–H groups in total. The zero-order valence-electron chi connectivity index (χ0n) is 16.0. The third-order valence-corrected chi connectivity index (χ3v) is 4.59. The molecule has 164 valence electrons. The highest BCUT2D eigenvalue weighted by molar-refractivity contribution is 6.31. The first kappa shape index (κ1) is 22.4. The normalized spacial score (nSPS) is 11.5. The van der Waals surface area contributed by atoms with E-state index in [-0.39, 0.29) is 23.1 Å². The van der Waals surface area contributed by atoms with Crippen LogP contribution in [0, 0.1) is 18.6 Å². The molecule has 7 nitrogen and oxygen atoms in total. The van der Waals surface area contributed by atoms with Gasteiger partial charge in [0.1, 0.15) is 29.5 Å². The maximum Gasteiger partial charge on any atom is 0.416 e. The summed E-state index contributed by atoms with van der Waals surface area (Å²) in [6.07, 6.45) is -3.55. The Hall–Kier alpha value is -3.28. The lowest BCUT2D eigenvalue weighted by Crippen LogP contribution is -2.37. The summed E-state index contributed by atoms with van der Waals surface area (Å²) >= 11 is 5.55. The molecule has 0 fully saturated rings. The van der Waals surface area contributed by atoms with Gasteiger partial charge in [0.25, 0.3) is 0 Å². The predicted octanol–water partition coefficient (Wildman–Crippen LogP) is 4.26. The molecule has 3 rings (SSSR count). The number of hydrogen-bond donors (Lipinski definition) is 1. The van der Waals surface area contributed by atoms with Crippen molar-refractivity contribution in [1.82, 2.24) is 20.2 Å². The first-order valence-electron chi connectivity index (χ1n) is 8.58. The van der Waals surface area contributed by atoms with Crippen molar-refractivity contribution < 1.29 is 26.7 Å². The first-order chi connectivity index (χ1) is 14.5. The van der Waals surface area contributed by atoms with Gasteiger partial charge in [-0.15, -0.1) is 0 Å². The lowest BCUT2D eigenvalue weighted by molar-refractivity contribution is -0.137. The van der Waals surface area contributed by atoms with Crippen LogP contribution in [0.15, 0.2) is 30.6 Å². The van der Waals surface area contributed by atoms with Gasteiger partial charge in [-0.1, -0.05) is 11.6 Å². The summed E-state index contributed by atoms with van der Waals surface area (Å²) < 4.78 is 67.4. The maximum absolute atomic E-state index is 14.3. The summed E-state index contributed by atoms with van der Waals surface area (Å²) in [5.41, 5.74) is -1.25. The standard InChI is InChI=1S/C18H14ClF5N6O/c1-9-5-10(18(22,23)24)6-13(27-9)30(17-25-8-26-28-17)7-14(31)29(2)12-4-3-11(20)15(19)16(12)21/h3-6,8H,7H2,1-2H3,(H,25,26,28). The Balaban J connectivity index is 1.98. The number of amides is 1. The van der Waals surface area contributed by atoms with Crippen LogP contribution in [-0.2, 0) is 11.0 Å². The molecule has 2 heterocycles. The average molecular weight is 461 g/mol. The van der Waals surface area contributed by atoms with Crippen molar-refractivity contribution in [3.63, 3.8) is 0 Å². The number of alkyl halides is 3. The molecule has 0 saturated heterocycles. The van der Waals surface area contributed by atoms with Crippen LogP contribution in [0.25, 0.3) is 0 Å². The molecule has 0 aliphatic carbocycles. The molecule has 0 atom stereocenters. The van der Waals surface area contributed by atoms with Gasteiger partial charge in [0.2, 0.25) is 11.9 Å². The highest BCUT2D eigenvalue weighted by atomic mass is 35.5. The number of likely N-dealkylation sites (N-methyl/N-ethyl adjacent to an activating group) is 1. The summed E-state index contributed by atoms with van der Waals surface area (Å²) in [7, 11) is 1.21. The zero-order chi connectivity index (χ0) is 22.9. The van der Waals surface area contributed by atoms with Gasteiger partial charge >= 0.3 is 6.18 Å². The minimum Gasteiger partial charge on any atom is -0.311 e. The van der Waals surface area contributed by atoms with Gasteiger partial charge in [0.15, 0.2) is 5.82 Å². The lowest BCUT2D eigenvalue weighted by Gasteiger charge is -2.25. The lowest BCUT2D eigenvalue weighted by atomic mass is 10.2. The quantitative estimate of drug-likeness (QED) is 0.455. The summed E-state index contributed by atoms with van der Waals surface area (Å²) in [5, 5.41) is 5.30. The fourth-order valence-electron chi connectivity index (χ4n) is 2.70. The van der Waals surface area contributed by atoms with Gasteiger partial charge in [-0.05, 0) is 31.2 Å². The van der Waals surface area contributed by atoms with Gasteiger partial charge in [-0.3, -0.25) is 9.69 Å². The van der Waals surface area contributed by atoms with Crippen LogP contribution >= 0.6 is 11.6 Å². The number of rotatable bonds is 5. The van der Waals surface area contributed by atoms with Crippen molar-refractivity contribution in [3.8, 4) is 0 Å². The van der Waals surface area contributed by atoms with E-state index in [4.69, 9.17) is 11.6 Å². The third-order valence-electron chi connectivity index (χ3n) is 4.25. The van der Waals surface area contributed by atoms with Gasteiger partial charge in [-0.2, -0.15) is 23.3 Å². The topological polar surface area (TPSA) is 78.0 Å². The number of carbonyl (C=O) groups excluding carboxylic acids is 1. The van der Waals surface area contributed by atoms with Crippen molar-refractivity contribution in [2.75, 3.05) is 23.4 Å². The Morgan fingerprint density at radius 2 is 1.94 bits per heavy atom. The molecule has 0 radical (unpaired) electrons. The molecule has 3 aromatic rings. The van der Waals surface area contributed by atoms with Gasteiger partial charge in [-0.25, -0.2) is 18.9 Å². The first-order valence-corrected chi connectivity index (χ1v) is 8.95. The Morgan fingerprint density at radius 3 is 2.55 bits per heavy atom. The van der Waals surface area contributed by atoms with E-state index in [1.807, 2.05) is 0 Å². The fourth-order valence-corrected chi connectivity index (χ4v) is 2.86. The van der Waals surface area contributed by atoms with Gasteiger partial charge in [0.05, 0.1) is 11.3 Å². The second kappa shape index (κ2) is 8.46. The third kappa shape index (κ3) is 4.74. The monoisotopic (exact) mass is 460 g/mol. The predicted molar refractivity (Wildman–Crippen MR) is 102 cm³/mol. The van der Waals surface area contributed by atoms with E-state index < -0.39 is 40.8 Å². The second-order valence-corrected chi connectivity index (χ2v) is 6.77. The number of nitrogens with one attached hydrogen (secondary N) is 1. The highest BCUT2D eigenvalue weighted by Crippen LogP contribution is 2.33. The van der Waals surface area contributed by atoms with Crippen molar-refractivity contribution in [2.45, 2.75) is 13.1 Å². The number of halogens is 6. The number of carbonyl (C=O) groups is 1. The molecule has 0 aliphatic rings. The van der Waals surface area contributed by atoms with E-state index in [1.165, 1.54) is 14.0 Å². The van der Waals surface area contributed by atoms with E-state index in [9.17, 15) is 26.7 Å². The molecular formula is C18H14ClF5N6O. The summed E-state index contributed by atoms with van der Waals surface area (Å²) in [5.74, 6) is -3.23. The Bertz CT molecular complexity index is 1110. The zero-order valence-corrected chi connectivity index (χ0v) is 16.8. The summed E-state index contributed by atoms with van der Waals surface area (Å²) in [6.45, 7) is 0.773. The molecular weight excluding hydrogens is 447 g/mol.